The summed E-state index contributed by atoms with van der Waals surface area (Å²) in [5, 5.41) is 8.11. The van der Waals surface area contributed by atoms with Gasteiger partial charge in [-0.25, -0.2) is 13.9 Å². The van der Waals surface area contributed by atoms with E-state index in [2.05, 4.69) is 15.0 Å². The number of nitrogens with two attached hydrogens (primary N) is 1. The molecule has 0 saturated heterocycles. The van der Waals surface area contributed by atoms with Crippen LogP contribution in [0.25, 0.3) is 0 Å². The van der Waals surface area contributed by atoms with Crippen molar-refractivity contribution in [1.29, 1.82) is 0 Å². The summed E-state index contributed by atoms with van der Waals surface area (Å²) in [6, 6.07) is 4.05. The van der Waals surface area contributed by atoms with Gasteiger partial charge in [0.1, 0.15) is 5.82 Å². The van der Waals surface area contributed by atoms with Crippen molar-refractivity contribution >= 4 is 17.6 Å². The van der Waals surface area contributed by atoms with Gasteiger partial charge >= 0.3 is 5.97 Å². The molecule has 2 aromatic rings. The molecule has 0 atom stereocenters. The van der Waals surface area contributed by atoms with E-state index in [9.17, 15) is 9.18 Å². The normalized spacial score (nSPS) is 10.7. The number of halogens is 2. The fourth-order valence-corrected chi connectivity index (χ4v) is 2.10. The maximum atomic E-state index is 13.3. The molecule has 2 rings (SSSR count). The lowest BCUT2D eigenvalue weighted by molar-refractivity contribution is 0.0592. The van der Waals surface area contributed by atoms with Crippen LogP contribution in [-0.2, 0) is 17.7 Å². The second-order valence-corrected chi connectivity index (χ2v) is 4.72. The number of benzene rings is 1. The molecule has 0 radical (unpaired) electrons. The third-order valence-electron chi connectivity index (χ3n) is 2.93. The Hall–Kier alpha value is -1.99. The quantitative estimate of drug-likeness (QED) is 0.844. The summed E-state index contributed by atoms with van der Waals surface area (Å²) < 4.78 is 19.4. The van der Waals surface area contributed by atoms with Crippen molar-refractivity contribution in [3.8, 4) is 0 Å². The molecular formula is C13H14ClFN4O2. The molecule has 0 aliphatic heterocycles. The van der Waals surface area contributed by atoms with Crippen LogP contribution in [0.4, 0.5) is 4.39 Å². The third kappa shape index (κ3) is 3.37. The van der Waals surface area contributed by atoms with E-state index < -0.39 is 11.8 Å². The van der Waals surface area contributed by atoms with Crippen molar-refractivity contribution < 1.29 is 13.9 Å². The SMILES string of the molecule is COC(=O)c1nnn(Cc2cc(F)ccc2Cl)c1CCN. The van der Waals surface area contributed by atoms with Crippen LogP contribution in [0.2, 0.25) is 5.02 Å². The van der Waals surface area contributed by atoms with Crippen LogP contribution < -0.4 is 5.73 Å². The van der Waals surface area contributed by atoms with Crippen LogP contribution in [0.15, 0.2) is 18.2 Å². The fourth-order valence-electron chi connectivity index (χ4n) is 1.93. The van der Waals surface area contributed by atoms with E-state index in [4.69, 9.17) is 17.3 Å². The maximum Gasteiger partial charge on any atom is 0.360 e. The van der Waals surface area contributed by atoms with Crippen LogP contribution in [0.5, 0.6) is 0 Å². The van der Waals surface area contributed by atoms with E-state index in [-0.39, 0.29) is 12.2 Å². The molecule has 112 valence electrons. The fraction of sp³-hybridized carbons (Fsp3) is 0.308. The number of nitrogens with zero attached hydrogens (tertiary/aromatic N) is 3. The summed E-state index contributed by atoms with van der Waals surface area (Å²) in [5.74, 6) is -0.988. The molecule has 6 nitrogen and oxygen atoms in total. The van der Waals surface area contributed by atoms with Gasteiger partial charge in [-0.05, 0) is 30.3 Å². The number of carbonyl (C=O) groups is 1. The van der Waals surface area contributed by atoms with Gasteiger partial charge in [0.2, 0.25) is 0 Å². The minimum Gasteiger partial charge on any atom is -0.464 e. The molecule has 0 spiro atoms. The van der Waals surface area contributed by atoms with Crippen LogP contribution in [0.1, 0.15) is 21.7 Å². The summed E-state index contributed by atoms with van der Waals surface area (Å²) >= 11 is 6.03. The van der Waals surface area contributed by atoms with Crippen molar-refractivity contribution in [2.24, 2.45) is 5.73 Å². The largest absolute Gasteiger partial charge is 0.464 e. The number of hydrogen-bond acceptors (Lipinski definition) is 5. The van der Waals surface area contributed by atoms with Gasteiger partial charge in [0, 0.05) is 11.4 Å². The van der Waals surface area contributed by atoms with Crippen molar-refractivity contribution in [1.82, 2.24) is 15.0 Å². The van der Waals surface area contributed by atoms with Crippen molar-refractivity contribution in [3.63, 3.8) is 0 Å². The van der Waals surface area contributed by atoms with E-state index >= 15 is 0 Å². The minimum absolute atomic E-state index is 0.107. The third-order valence-corrected chi connectivity index (χ3v) is 3.29. The molecule has 0 amide bonds. The summed E-state index contributed by atoms with van der Waals surface area (Å²) in [5.41, 5.74) is 6.72. The maximum absolute atomic E-state index is 13.3. The Balaban J connectivity index is 2.37. The Labute approximate surface area is 125 Å². The average molecular weight is 313 g/mol. The van der Waals surface area contributed by atoms with E-state index in [0.29, 0.717) is 29.2 Å². The molecule has 0 saturated carbocycles. The summed E-state index contributed by atoms with van der Waals surface area (Å²) in [6.07, 6.45) is 0.393. The smallest absolute Gasteiger partial charge is 0.360 e. The Kier molecular flexibility index (Phi) is 4.87. The van der Waals surface area contributed by atoms with Crippen molar-refractivity contribution in [2.75, 3.05) is 13.7 Å². The number of methoxy groups -OCH3 is 1. The van der Waals surface area contributed by atoms with Crippen LogP contribution in [-0.4, -0.2) is 34.6 Å². The number of esters is 1. The first kappa shape index (κ1) is 15.4. The van der Waals surface area contributed by atoms with E-state index in [1.807, 2.05) is 0 Å². The van der Waals surface area contributed by atoms with Crippen molar-refractivity contribution in [3.05, 3.63) is 46.0 Å². The van der Waals surface area contributed by atoms with E-state index in [1.54, 1.807) is 0 Å². The predicted molar refractivity (Wildman–Crippen MR) is 74.6 cm³/mol. The molecule has 0 fully saturated rings. The topological polar surface area (TPSA) is 83.0 Å². The van der Waals surface area contributed by atoms with Crippen molar-refractivity contribution in [2.45, 2.75) is 13.0 Å². The molecule has 0 aliphatic carbocycles. The van der Waals surface area contributed by atoms with Gasteiger partial charge in [0.15, 0.2) is 5.69 Å². The molecule has 0 unspecified atom stereocenters. The first-order valence-electron chi connectivity index (χ1n) is 6.21. The zero-order chi connectivity index (χ0) is 15.4. The lowest BCUT2D eigenvalue weighted by Gasteiger charge is -2.08. The first-order valence-corrected chi connectivity index (χ1v) is 6.59. The zero-order valence-corrected chi connectivity index (χ0v) is 12.1. The first-order chi connectivity index (χ1) is 10.1. The minimum atomic E-state index is -0.588. The standard InChI is InChI=1S/C13H14ClFN4O2/c1-21-13(20)12-11(4-5-16)19(18-17-12)7-8-6-9(15)2-3-10(8)14/h2-3,6H,4-5,7,16H2,1H3. The second kappa shape index (κ2) is 6.64. The summed E-state index contributed by atoms with van der Waals surface area (Å²) in [6.45, 7) is 0.504. The highest BCUT2D eigenvalue weighted by atomic mass is 35.5. The molecule has 2 N–H and O–H groups in total. The van der Waals surface area contributed by atoms with Gasteiger partial charge in [-0.3, -0.25) is 0 Å². The molecule has 1 aromatic carbocycles. The Bertz CT molecular complexity index is 660. The number of carbonyl (C=O) groups excluding carboxylic acids is 1. The monoisotopic (exact) mass is 312 g/mol. The van der Waals surface area contributed by atoms with Crippen LogP contribution in [0, 0.1) is 5.82 Å². The van der Waals surface area contributed by atoms with E-state index in [0.717, 1.165) is 0 Å². The highest BCUT2D eigenvalue weighted by molar-refractivity contribution is 6.31. The lowest BCUT2D eigenvalue weighted by atomic mass is 10.2. The molecule has 0 aliphatic rings. The number of hydrogen-bond donors (Lipinski definition) is 1. The van der Waals surface area contributed by atoms with Gasteiger partial charge in [-0.1, -0.05) is 16.8 Å². The number of rotatable bonds is 5. The highest BCUT2D eigenvalue weighted by Gasteiger charge is 2.20. The molecule has 1 aromatic heterocycles. The molecular weight excluding hydrogens is 299 g/mol. The van der Waals surface area contributed by atoms with Crippen LogP contribution >= 0.6 is 11.6 Å². The molecule has 21 heavy (non-hydrogen) atoms. The summed E-state index contributed by atoms with van der Waals surface area (Å²) in [4.78, 5) is 11.6. The highest BCUT2D eigenvalue weighted by Crippen LogP contribution is 2.19. The van der Waals surface area contributed by atoms with E-state index in [1.165, 1.54) is 30.0 Å². The van der Waals surface area contributed by atoms with Gasteiger partial charge in [-0.15, -0.1) is 5.10 Å². The molecule has 8 heteroatoms. The van der Waals surface area contributed by atoms with Crippen LogP contribution in [0.3, 0.4) is 0 Å². The Morgan fingerprint density at radius 2 is 2.29 bits per heavy atom. The van der Waals surface area contributed by atoms with Gasteiger partial charge in [0.05, 0.1) is 19.3 Å². The number of ether oxygens (including phenoxy) is 1. The zero-order valence-electron chi connectivity index (χ0n) is 11.3. The summed E-state index contributed by atoms with van der Waals surface area (Å²) in [7, 11) is 1.26. The average Bonchev–Trinajstić information content (AvgIpc) is 2.85. The predicted octanol–water partition coefficient (Wildman–Crippen LogP) is 1.41. The molecule has 1 heterocycles. The molecule has 0 bridgehead atoms. The van der Waals surface area contributed by atoms with Gasteiger partial charge in [-0.2, -0.15) is 0 Å². The van der Waals surface area contributed by atoms with Gasteiger partial charge in [0.25, 0.3) is 0 Å². The van der Waals surface area contributed by atoms with Gasteiger partial charge < -0.3 is 10.5 Å². The second-order valence-electron chi connectivity index (χ2n) is 4.31. The Morgan fingerprint density at radius 3 is 2.95 bits per heavy atom. The lowest BCUT2D eigenvalue weighted by Crippen LogP contribution is -2.15. The number of aromatic nitrogens is 3. The Morgan fingerprint density at radius 1 is 1.52 bits per heavy atom.